The summed E-state index contributed by atoms with van der Waals surface area (Å²) in [4.78, 5) is 24.0. The molecule has 0 heterocycles. The van der Waals surface area contributed by atoms with Gasteiger partial charge in [-0.3, -0.25) is 9.59 Å². The first-order chi connectivity index (χ1) is 11.8. The van der Waals surface area contributed by atoms with Crippen molar-refractivity contribution >= 4 is 17.5 Å². The van der Waals surface area contributed by atoms with E-state index in [-0.39, 0.29) is 17.6 Å². The van der Waals surface area contributed by atoms with Gasteiger partial charge in [-0.2, -0.15) is 13.2 Å². The van der Waals surface area contributed by atoms with Gasteiger partial charge in [-0.05, 0) is 61.4 Å². The van der Waals surface area contributed by atoms with E-state index in [2.05, 4.69) is 10.6 Å². The van der Waals surface area contributed by atoms with Crippen molar-refractivity contribution in [3.05, 3.63) is 65.2 Å². The maximum absolute atomic E-state index is 12.5. The fraction of sp³-hybridized carbons (Fsp3) is 0.222. The van der Waals surface area contributed by atoms with E-state index in [0.717, 1.165) is 25.0 Å². The lowest BCUT2D eigenvalue weighted by Crippen LogP contribution is -2.25. The zero-order chi connectivity index (χ0) is 18.0. The van der Waals surface area contributed by atoms with Crippen molar-refractivity contribution in [1.29, 1.82) is 0 Å². The molecule has 7 heteroatoms. The minimum atomic E-state index is -4.42. The number of alkyl halides is 3. The van der Waals surface area contributed by atoms with Crippen LogP contribution in [-0.4, -0.2) is 17.9 Å². The maximum atomic E-state index is 12.5. The molecule has 1 aliphatic rings. The highest BCUT2D eigenvalue weighted by molar-refractivity contribution is 6.05. The van der Waals surface area contributed by atoms with E-state index in [0.29, 0.717) is 11.1 Å². The molecular formula is C18H15F3N2O2. The lowest BCUT2D eigenvalue weighted by Gasteiger charge is -2.09. The Morgan fingerprint density at radius 2 is 1.36 bits per heavy atom. The van der Waals surface area contributed by atoms with Gasteiger partial charge in [-0.15, -0.1) is 0 Å². The molecule has 0 atom stereocenters. The molecule has 0 spiro atoms. The highest BCUT2D eigenvalue weighted by Crippen LogP contribution is 2.29. The highest BCUT2D eigenvalue weighted by Gasteiger charge is 2.30. The number of amides is 2. The second-order valence-electron chi connectivity index (χ2n) is 5.85. The van der Waals surface area contributed by atoms with Gasteiger partial charge in [-0.25, -0.2) is 0 Å². The highest BCUT2D eigenvalue weighted by atomic mass is 19.4. The van der Waals surface area contributed by atoms with E-state index in [1.54, 1.807) is 12.1 Å². The Morgan fingerprint density at radius 3 is 1.84 bits per heavy atom. The van der Waals surface area contributed by atoms with E-state index in [4.69, 9.17) is 0 Å². The van der Waals surface area contributed by atoms with Crippen molar-refractivity contribution in [2.24, 2.45) is 0 Å². The van der Waals surface area contributed by atoms with Crippen molar-refractivity contribution < 1.29 is 22.8 Å². The van der Waals surface area contributed by atoms with Crippen LogP contribution >= 0.6 is 0 Å². The molecule has 4 nitrogen and oxygen atoms in total. The summed E-state index contributed by atoms with van der Waals surface area (Å²) in [7, 11) is 0. The molecule has 1 fully saturated rings. The lowest BCUT2D eigenvalue weighted by atomic mass is 10.1. The van der Waals surface area contributed by atoms with Gasteiger partial charge in [0.1, 0.15) is 0 Å². The number of carbonyl (C=O) groups excluding carboxylic acids is 2. The second kappa shape index (κ2) is 6.58. The van der Waals surface area contributed by atoms with Crippen LogP contribution < -0.4 is 10.6 Å². The van der Waals surface area contributed by atoms with Gasteiger partial charge in [0, 0.05) is 22.9 Å². The van der Waals surface area contributed by atoms with Crippen LogP contribution in [0.2, 0.25) is 0 Å². The van der Waals surface area contributed by atoms with Crippen LogP contribution in [0.15, 0.2) is 48.5 Å². The molecule has 130 valence electrons. The van der Waals surface area contributed by atoms with E-state index in [1.165, 1.54) is 24.3 Å². The largest absolute Gasteiger partial charge is 0.416 e. The summed E-state index contributed by atoms with van der Waals surface area (Å²) in [6, 6.07) is 10.5. The zero-order valence-corrected chi connectivity index (χ0v) is 13.1. The monoisotopic (exact) mass is 348 g/mol. The first-order valence-corrected chi connectivity index (χ1v) is 7.72. The van der Waals surface area contributed by atoms with Crippen molar-refractivity contribution in [1.82, 2.24) is 5.32 Å². The molecule has 3 rings (SSSR count). The third-order valence-electron chi connectivity index (χ3n) is 3.79. The molecule has 0 saturated heterocycles. The number of hydrogen-bond donors (Lipinski definition) is 2. The molecule has 2 aromatic carbocycles. The van der Waals surface area contributed by atoms with Gasteiger partial charge in [0.05, 0.1) is 5.56 Å². The number of nitrogens with one attached hydrogen (secondary N) is 2. The van der Waals surface area contributed by atoms with Gasteiger partial charge in [0.25, 0.3) is 11.8 Å². The average molecular weight is 348 g/mol. The smallest absolute Gasteiger partial charge is 0.349 e. The van der Waals surface area contributed by atoms with Gasteiger partial charge >= 0.3 is 6.18 Å². The maximum Gasteiger partial charge on any atom is 0.416 e. The van der Waals surface area contributed by atoms with Crippen LogP contribution in [0, 0.1) is 0 Å². The number of hydrogen-bond acceptors (Lipinski definition) is 2. The fourth-order valence-corrected chi connectivity index (χ4v) is 2.22. The minimum Gasteiger partial charge on any atom is -0.349 e. The van der Waals surface area contributed by atoms with E-state index in [1.807, 2.05) is 0 Å². The Bertz CT molecular complexity index is 779. The molecule has 2 N–H and O–H groups in total. The Hall–Kier alpha value is -2.83. The summed E-state index contributed by atoms with van der Waals surface area (Å²) < 4.78 is 37.5. The molecule has 0 aliphatic heterocycles. The Labute approximate surface area is 142 Å². The fourth-order valence-electron chi connectivity index (χ4n) is 2.22. The molecule has 2 aromatic rings. The molecule has 1 saturated carbocycles. The van der Waals surface area contributed by atoms with Crippen molar-refractivity contribution in [3.8, 4) is 0 Å². The molecule has 0 radical (unpaired) electrons. The molecule has 25 heavy (non-hydrogen) atoms. The molecule has 2 amide bonds. The summed E-state index contributed by atoms with van der Waals surface area (Å²) in [5.74, 6) is -0.647. The third kappa shape index (κ3) is 4.37. The van der Waals surface area contributed by atoms with Gasteiger partial charge in [0.15, 0.2) is 0 Å². The van der Waals surface area contributed by atoms with Crippen molar-refractivity contribution in [2.45, 2.75) is 25.1 Å². The van der Waals surface area contributed by atoms with Crippen LogP contribution in [0.1, 0.15) is 39.1 Å². The topological polar surface area (TPSA) is 58.2 Å². The zero-order valence-electron chi connectivity index (χ0n) is 13.1. The summed E-state index contributed by atoms with van der Waals surface area (Å²) >= 11 is 0. The van der Waals surface area contributed by atoms with Crippen LogP contribution in [0.4, 0.5) is 18.9 Å². The Balaban J connectivity index is 1.63. The van der Waals surface area contributed by atoms with Crippen LogP contribution in [0.25, 0.3) is 0 Å². The van der Waals surface area contributed by atoms with Gasteiger partial charge in [0.2, 0.25) is 0 Å². The predicted octanol–water partition coefficient (Wildman–Crippen LogP) is 3.85. The molecule has 0 bridgehead atoms. The van der Waals surface area contributed by atoms with Crippen molar-refractivity contribution in [3.63, 3.8) is 0 Å². The lowest BCUT2D eigenvalue weighted by molar-refractivity contribution is -0.137. The number of rotatable bonds is 4. The minimum absolute atomic E-state index is 0.183. The second-order valence-corrected chi connectivity index (χ2v) is 5.85. The van der Waals surface area contributed by atoms with E-state index in [9.17, 15) is 22.8 Å². The van der Waals surface area contributed by atoms with Crippen LogP contribution in [-0.2, 0) is 6.18 Å². The molecular weight excluding hydrogens is 333 g/mol. The van der Waals surface area contributed by atoms with E-state index >= 15 is 0 Å². The molecule has 0 aromatic heterocycles. The summed E-state index contributed by atoms with van der Waals surface area (Å²) in [6.45, 7) is 0. The van der Waals surface area contributed by atoms with Crippen LogP contribution in [0.5, 0.6) is 0 Å². The predicted molar refractivity (Wildman–Crippen MR) is 86.3 cm³/mol. The number of anilines is 1. The van der Waals surface area contributed by atoms with Crippen LogP contribution in [0.3, 0.4) is 0 Å². The quantitative estimate of drug-likeness (QED) is 0.882. The average Bonchev–Trinajstić information content (AvgIpc) is 3.38. The SMILES string of the molecule is O=C(Nc1ccc(C(F)(F)F)cc1)c1ccc(C(=O)NC2CC2)cc1. The third-order valence-corrected chi connectivity index (χ3v) is 3.79. The summed E-state index contributed by atoms with van der Waals surface area (Å²) in [5, 5.41) is 5.37. The first-order valence-electron chi connectivity index (χ1n) is 7.72. The number of halogens is 3. The summed E-state index contributed by atoms with van der Waals surface area (Å²) in [5.41, 5.74) is 0.242. The van der Waals surface area contributed by atoms with Gasteiger partial charge in [-0.1, -0.05) is 0 Å². The van der Waals surface area contributed by atoms with Gasteiger partial charge < -0.3 is 10.6 Å². The summed E-state index contributed by atoms with van der Waals surface area (Å²) in [6.07, 6.45) is -2.45. The normalized spacial score (nSPS) is 14.0. The molecule has 1 aliphatic carbocycles. The molecule has 0 unspecified atom stereocenters. The standard InChI is InChI=1S/C18H15F3N2O2/c19-18(20,21)13-5-7-14(8-6-13)22-16(24)11-1-3-12(4-2-11)17(25)23-15-9-10-15/h1-8,15H,9-10H2,(H,22,24)(H,23,25). The Morgan fingerprint density at radius 1 is 0.840 bits per heavy atom. The van der Waals surface area contributed by atoms with E-state index < -0.39 is 17.6 Å². The van der Waals surface area contributed by atoms with Crippen molar-refractivity contribution in [2.75, 3.05) is 5.32 Å². The first kappa shape index (κ1) is 17.0. The number of carbonyl (C=O) groups is 2. The number of benzene rings is 2. The Kier molecular flexibility index (Phi) is 4.48.